The number of rotatable bonds is 26. The molecule has 0 bridgehead atoms. The second kappa shape index (κ2) is 39.8. The summed E-state index contributed by atoms with van der Waals surface area (Å²) < 4.78 is 101. The number of benzene rings is 6. The molecule has 6 N–H and O–H groups in total. The lowest BCUT2D eigenvalue weighted by Crippen LogP contribution is -2.41. The SMILES string of the molecule is Brc1cnc2ccc(OCc3ccccc3)cc2c1.CC(C)(C)[Si](C)(C)OCCN.CC(C)(C)[Si](C)(C)OCCNc1cnc2ccc(O)cc2c1.CC(C)(C)[Si](C)(C)OCCNc1cnc2ccc(OCc3ccccc3)cc2c1.CC(C)(C)[Si](C)(C)OCCNc1cnc2ccc(OS(=O)(=O)C(F)(F)F)cc2c1. The Morgan fingerprint density at radius 1 is 0.418 bits per heavy atom. The third-order valence-electron chi connectivity index (χ3n) is 20.1. The first-order chi connectivity index (χ1) is 51.2. The first kappa shape index (κ1) is 91.3. The van der Waals surface area contributed by atoms with E-state index in [9.17, 15) is 26.7 Å². The average molecular weight is 1670 g/mol. The molecule has 0 aliphatic rings. The van der Waals surface area contributed by atoms with Crippen LogP contribution in [0.25, 0.3) is 43.6 Å². The standard InChI is InChI=1S/C24H32N2O2Si.C18H25F3N2O4SSi.C17H26N2O2Si.C16H12BrNO.C8H21NOSi/c1-24(2,3)29(4,5)28-14-13-25-21-15-20-16-22(11-12-23(20)26-17-21)27-18-19-9-7-6-8-10-19;1-17(2,3)29(4,5)26-9-8-22-14-10-13-11-15(6-7-16(13)23-12-14)27-28(24,25)18(19,20)21;1-17(2,3)22(4,5)21-9-8-18-14-10-13-11-15(20)6-7-16(13)19-12-14;17-14-8-13-9-15(6-7-16(13)18-10-14)19-11-12-4-2-1-3-5-12;1-8(2,3)11(4,5)10-7-6-9/h6-12,15-17,25H,13-14,18H2,1-5H3;6-7,10-12,22H,8-9H2,1-5H3;6-7,10-12,18,20H,8-9H2,1-5H3;1-10H,11H2;6-7,9H2,1-5H3. The van der Waals surface area contributed by atoms with Crippen LogP contribution in [0.4, 0.5) is 30.2 Å². The summed E-state index contributed by atoms with van der Waals surface area (Å²) in [5.74, 6) is 1.53. The molecule has 6 aromatic carbocycles. The van der Waals surface area contributed by atoms with Crippen molar-refractivity contribution < 1.29 is 58.1 Å². The predicted molar refractivity (Wildman–Crippen MR) is 461 cm³/mol. The largest absolute Gasteiger partial charge is 0.534 e. The number of aromatic nitrogens is 4. The summed E-state index contributed by atoms with van der Waals surface area (Å²) >= 11 is 3.43. The zero-order chi connectivity index (χ0) is 81.6. The maximum absolute atomic E-state index is 12.5. The quantitative estimate of drug-likeness (QED) is 0.0147. The maximum Gasteiger partial charge on any atom is 0.534 e. The Hall–Kier alpha value is -7.55. The van der Waals surface area contributed by atoms with Gasteiger partial charge in [0, 0.05) is 65.0 Å². The summed E-state index contributed by atoms with van der Waals surface area (Å²) in [7, 11) is -12.5. The van der Waals surface area contributed by atoms with Gasteiger partial charge in [0.05, 0.1) is 77.5 Å². The molecule has 0 atom stereocenters. The lowest BCUT2D eigenvalue weighted by Gasteiger charge is -2.36. The first-order valence-electron chi connectivity index (χ1n) is 36.9. The van der Waals surface area contributed by atoms with E-state index < -0.39 is 54.6 Å². The summed E-state index contributed by atoms with van der Waals surface area (Å²) in [5, 5.41) is 23.8. The highest BCUT2D eigenvalue weighted by Crippen LogP contribution is 2.40. The van der Waals surface area contributed by atoms with Crippen molar-refractivity contribution in [3.63, 3.8) is 0 Å². The number of hydrogen-bond donors (Lipinski definition) is 5. The summed E-state index contributed by atoms with van der Waals surface area (Å²) in [4.78, 5) is 17.5. The zero-order valence-corrected chi connectivity index (χ0v) is 74.2. The first-order valence-corrected chi connectivity index (χ1v) is 50.8. The fourth-order valence-corrected chi connectivity index (χ4v) is 14.3. The van der Waals surface area contributed by atoms with Crippen LogP contribution in [0.15, 0.2) is 187 Å². The highest BCUT2D eigenvalue weighted by molar-refractivity contribution is 9.10. The van der Waals surface area contributed by atoms with Crippen molar-refractivity contribution in [2.75, 3.05) is 68.6 Å². The minimum Gasteiger partial charge on any atom is -0.508 e. The van der Waals surface area contributed by atoms with Gasteiger partial charge in [0.2, 0.25) is 0 Å². The van der Waals surface area contributed by atoms with E-state index in [1.165, 1.54) is 12.1 Å². The van der Waals surface area contributed by atoms with Gasteiger partial charge in [0.15, 0.2) is 33.3 Å². The summed E-state index contributed by atoms with van der Waals surface area (Å²) in [6.45, 7) is 50.9. The summed E-state index contributed by atoms with van der Waals surface area (Å²) in [5.41, 5.74) is 8.06. The molecule has 0 radical (unpaired) electrons. The second-order valence-corrected chi connectivity index (χ2v) is 54.5. The number of pyridine rings is 4. The molecule has 4 aromatic heterocycles. The fraction of sp³-hybridized carbons (Fsp3) is 0.422. The third kappa shape index (κ3) is 28.9. The van der Waals surface area contributed by atoms with Gasteiger partial charge in [-0.15, -0.1) is 0 Å². The highest BCUT2D eigenvalue weighted by Gasteiger charge is 2.49. The number of fused-ring (bicyclic) bond motifs is 4. The van der Waals surface area contributed by atoms with Crippen molar-refractivity contribution in [2.24, 2.45) is 5.73 Å². The molecule has 27 heteroatoms. The number of nitrogens with zero attached hydrogens (tertiary/aromatic N) is 4. The molecule has 110 heavy (non-hydrogen) atoms. The van der Waals surface area contributed by atoms with Crippen molar-refractivity contribution in [3.05, 3.63) is 198 Å². The van der Waals surface area contributed by atoms with Crippen molar-refractivity contribution >= 4 is 120 Å². The molecule has 0 saturated carbocycles. The van der Waals surface area contributed by atoms with E-state index in [-0.39, 0.29) is 20.9 Å². The number of phenols is 1. The molecule has 0 fully saturated rings. The van der Waals surface area contributed by atoms with E-state index in [4.69, 9.17) is 32.9 Å². The Labute approximate surface area is 663 Å². The van der Waals surface area contributed by atoms with Crippen LogP contribution >= 0.6 is 15.9 Å². The van der Waals surface area contributed by atoms with Crippen LogP contribution in [-0.2, 0) is 41.0 Å². The van der Waals surface area contributed by atoms with Gasteiger partial charge in [-0.05, 0) is 197 Å². The Balaban J connectivity index is 0.000000221. The van der Waals surface area contributed by atoms with Gasteiger partial charge >= 0.3 is 15.6 Å². The van der Waals surface area contributed by atoms with Crippen LogP contribution in [-0.4, -0.2) is 125 Å². The van der Waals surface area contributed by atoms with Gasteiger partial charge in [0.1, 0.15) is 36.2 Å². The number of halogens is 4. The van der Waals surface area contributed by atoms with Crippen molar-refractivity contribution in [3.8, 4) is 23.0 Å². The van der Waals surface area contributed by atoms with Gasteiger partial charge in [-0.1, -0.05) is 144 Å². The third-order valence-corrected chi connectivity index (χ3v) is 39.6. The monoisotopic (exact) mass is 1660 g/mol. The molecule has 598 valence electrons. The van der Waals surface area contributed by atoms with Gasteiger partial charge in [-0.2, -0.15) is 21.6 Å². The Bertz CT molecular complexity index is 4660. The molecule has 4 heterocycles. The minimum atomic E-state index is -5.72. The van der Waals surface area contributed by atoms with Crippen molar-refractivity contribution in [1.82, 2.24) is 19.9 Å². The van der Waals surface area contributed by atoms with Crippen LogP contribution in [0, 0.1) is 0 Å². The number of nitrogens with two attached hydrogens (primary N) is 1. The van der Waals surface area contributed by atoms with Crippen LogP contribution < -0.4 is 35.3 Å². The van der Waals surface area contributed by atoms with E-state index in [0.29, 0.717) is 74.4 Å². The summed E-state index contributed by atoms with van der Waals surface area (Å²) in [6.07, 6.45) is 7.07. The van der Waals surface area contributed by atoms with E-state index in [0.717, 1.165) is 90.3 Å². The molecule has 0 aliphatic heterocycles. The van der Waals surface area contributed by atoms with Crippen LogP contribution in [0.1, 0.15) is 94.2 Å². The predicted octanol–water partition coefficient (Wildman–Crippen LogP) is 22.1. The number of aromatic hydroxyl groups is 1. The molecule has 0 spiro atoms. The van der Waals surface area contributed by atoms with Gasteiger partial charge in [-0.25, -0.2) is 0 Å². The number of anilines is 3. The molecule has 0 amide bonds. The molecular weight excluding hydrogens is 1550 g/mol. The number of hydrogen-bond acceptors (Lipinski definition) is 18. The summed E-state index contributed by atoms with van der Waals surface area (Å²) in [6, 6.07) is 49.0. The number of nitrogens with one attached hydrogen (secondary N) is 3. The maximum atomic E-state index is 12.5. The lowest BCUT2D eigenvalue weighted by atomic mass is 10.2. The Morgan fingerprint density at radius 2 is 0.727 bits per heavy atom. The number of alkyl halides is 3. The van der Waals surface area contributed by atoms with Gasteiger partial charge in [-0.3, -0.25) is 19.9 Å². The van der Waals surface area contributed by atoms with Crippen LogP contribution in [0.5, 0.6) is 23.0 Å². The second-order valence-electron chi connectivity index (χ2n) is 32.8. The van der Waals surface area contributed by atoms with Crippen molar-refractivity contribution in [2.45, 2.75) is 174 Å². The number of phenolic OH excluding ortho intramolecular Hbond substituents is 1. The van der Waals surface area contributed by atoms with Crippen LogP contribution in [0.3, 0.4) is 0 Å². The van der Waals surface area contributed by atoms with Crippen LogP contribution in [0.2, 0.25) is 72.5 Å². The Morgan fingerprint density at radius 3 is 1.07 bits per heavy atom. The van der Waals surface area contributed by atoms with E-state index >= 15 is 0 Å². The molecule has 0 saturated heterocycles. The molecule has 10 aromatic rings. The minimum absolute atomic E-state index is 0.102. The zero-order valence-electron chi connectivity index (χ0n) is 67.8. The van der Waals surface area contributed by atoms with Gasteiger partial charge in [0.25, 0.3) is 0 Å². The molecule has 10 rings (SSSR count). The highest BCUT2D eigenvalue weighted by atomic mass is 79.9. The van der Waals surface area contributed by atoms with E-state index in [2.05, 4.69) is 222 Å². The fourth-order valence-electron chi connectivity index (χ4n) is 9.28. The van der Waals surface area contributed by atoms with Gasteiger partial charge < -0.3 is 58.2 Å². The topological polar surface area (TPSA) is 233 Å². The molecule has 18 nitrogen and oxygen atoms in total. The average Bonchev–Trinajstić information content (AvgIpc) is 0.807. The molecule has 0 unspecified atom stereocenters. The van der Waals surface area contributed by atoms with E-state index in [1.807, 2.05) is 103 Å². The lowest BCUT2D eigenvalue weighted by molar-refractivity contribution is -0.0500. The van der Waals surface area contributed by atoms with Crippen molar-refractivity contribution in [1.29, 1.82) is 0 Å². The number of ether oxygens (including phenoxy) is 2. The Kier molecular flexibility index (Phi) is 33.0. The molecular formula is C83H116BrF3N8O10SSi4. The normalized spacial score (nSPS) is 12.5. The smallest absolute Gasteiger partial charge is 0.508 e. The molecule has 0 aliphatic carbocycles. The van der Waals surface area contributed by atoms with E-state index in [1.54, 1.807) is 30.6 Å².